The van der Waals surface area contributed by atoms with Gasteiger partial charge in [-0.3, -0.25) is 4.79 Å². The average molecular weight is 326 g/mol. The third kappa shape index (κ3) is 3.01. The molecule has 6 heteroatoms. The zero-order valence-corrected chi connectivity index (χ0v) is 13.3. The van der Waals surface area contributed by atoms with E-state index in [-0.39, 0.29) is 11.9 Å². The van der Waals surface area contributed by atoms with Gasteiger partial charge in [-0.25, -0.2) is 4.98 Å². The molecule has 1 fully saturated rings. The molecule has 2 aromatic rings. The number of benzene rings is 1. The minimum absolute atomic E-state index is 0.0209. The summed E-state index contributed by atoms with van der Waals surface area (Å²) < 4.78 is 1.95. The highest BCUT2D eigenvalue weighted by Crippen LogP contribution is 2.26. The number of aromatic nitrogens is 2. The van der Waals surface area contributed by atoms with Crippen molar-refractivity contribution < 1.29 is 4.79 Å². The molecule has 1 aliphatic carbocycles. The predicted molar refractivity (Wildman–Crippen MR) is 85.0 cm³/mol. The molecular weight excluding hydrogens is 309 g/mol. The molecule has 0 saturated heterocycles. The molecule has 1 aromatic carbocycles. The number of carbonyl (C=O) groups excluding carboxylic acids is 1. The van der Waals surface area contributed by atoms with Gasteiger partial charge in [0.25, 0.3) is 0 Å². The number of nitrogens with zero attached hydrogens (tertiary/aromatic N) is 2. The normalized spacial score (nSPS) is 16.1. The van der Waals surface area contributed by atoms with Crippen molar-refractivity contribution in [2.75, 3.05) is 5.88 Å². The van der Waals surface area contributed by atoms with Gasteiger partial charge in [0.05, 0.1) is 11.0 Å². The molecule has 3 rings (SSSR count). The van der Waals surface area contributed by atoms with Crippen LogP contribution in [0.5, 0.6) is 0 Å². The number of imidazole rings is 1. The molecule has 4 nitrogen and oxygen atoms in total. The summed E-state index contributed by atoms with van der Waals surface area (Å²) in [4.78, 5) is 16.9. The lowest BCUT2D eigenvalue weighted by molar-refractivity contribution is -0.124. The number of carbonyl (C=O) groups is 1. The van der Waals surface area contributed by atoms with Crippen molar-refractivity contribution in [2.24, 2.45) is 0 Å². The molecule has 1 amide bonds. The Kier molecular flexibility index (Phi) is 4.09. The van der Waals surface area contributed by atoms with Crippen molar-refractivity contribution in [3.63, 3.8) is 0 Å². The zero-order valence-electron chi connectivity index (χ0n) is 11.8. The first-order chi connectivity index (χ1) is 10.1. The maximum Gasteiger partial charge on any atom is 0.243 e. The molecule has 0 aliphatic heterocycles. The first-order valence-corrected chi connectivity index (χ1v) is 8.04. The first-order valence-electron chi connectivity index (χ1n) is 7.13. The Morgan fingerprint density at radius 2 is 2.29 bits per heavy atom. The van der Waals surface area contributed by atoms with Crippen LogP contribution >= 0.6 is 23.2 Å². The number of hydrogen-bond donors (Lipinski definition) is 1. The maximum absolute atomic E-state index is 12.4. The molecule has 1 N–H and O–H groups in total. The van der Waals surface area contributed by atoms with E-state index >= 15 is 0 Å². The van der Waals surface area contributed by atoms with Crippen LogP contribution in [0.1, 0.15) is 31.6 Å². The summed E-state index contributed by atoms with van der Waals surface area (Å²) in [6, 6.07) is 5.54. The Morgan fingerprint density at radius 3 is 2.95 bits per heavy atom. The van der Waals surface area contributed by atoms with Crippen LogP contribution < -0.4 is 5.32 Å². The molecule has 1 aliphatic rings. The molecule has 1 unspecified atom stereocenters. The minimum Gasteiger partial charge on any atom is -0.352 e. The van der Waals surface area contributed by atoms with Crippen LogP contribution in [0.3, 0.4) is 0 Å². The molecule has 112 valence electrons. The number of fused-ring (bicyclic) bond motifs is 1. The third-order valence-corrected chi connectivity index (χ3v) is 4.16. The first kappa shape index (κ1) is 14.7. The van der Waals surface area contributed by atoms with Gasteiger partial charge in [-0.15, -0.1) is 11.6 Å². The maximum atomic E-state index is 12.4. The van der Waals surface area contributed by atoms with E-state index in [0.717, 1.165) is 29.7 Å². The van der Waals surface area contributed by atoms with Crippen molar-refractivity contribution in [2.45, 2.75) is 38.3 Å². The van der Waals surface area contributed by atoms with E-state index in [2.05, 4.69) is 10.3 Å². The number of alkyl halides is 1. The van der Waals surface area contributed by atoms with E-state index in [1.807, 2.05) is 23.6 Å². The van der Waals surface area contributed by atoms with Gasteiger partial charge >= 0.3 is 0 Å². The van der Waals surface area contributed by atoms with E-state index in [0.29, 0.717) is 23.4 Å². The minimum atomic E-state index is -0.327. The van der Waals surface area contributed by atoms with Gasteiger partial charge in [0, 0.05) is 23.4 Å². The quantitative estimate of drug-likeness (QED) is 0.857. The summed E-state index contributed by atoms with van der Waals surface area (Å²) >= 11 is 12.0. The van der Waals surface area contributed by atoms with Gasteiger partial charge in [-0.2, -0.15) is 0 Å². The summed E-state index contributed by atoms with van der Waals surface area (Å²) in [6.45, 7) is 1.89. The van der Waals surface area contributed by atoms with Gasteiger partial charge < -0.3 is 9.88 Å². The largest absolute Gasteiger partial charge is 0.352 e. The van der Waals surface area contributed by atoms with Crippen LogP contribution in [0.25, 0.3) is 11.0 Å². The highest BCUT2D eigenvalue weighted by molar-refractivity contribution is 6.31. The molecule has 1 aromatic heterocycles. The Hall–Kier alpha value is -1.26. The van der Waals surface area contributed by atoms with Gasteiger partial charge in [0.1, 0.15) is 11.9 Å². The smallest absolute Gasteiger partial charge is 0.243 e. The van der Waals surface area contributed by atoms with E-state index in [1.165, 1.54) is 0 Å². The monoisotopic (exact) mass is 325 g/mol. The summed E-state index contributed by atoms with van der Waals surface area (Å²) in [5.74, 6) is 1.31. The average Bonchev–Trinajstić information content (AvgIpc) is 3.19. The van der Waals surface area contributed by atoms with Crippen LogP contribution in [0.2, 0.25) is 5.02 Å². The van der Waals surface area contributed by atoms with Crippen molar-refractivity contribution in [1.29, 1.82) is 0 Å². The fourth-order valence-electron chi connectivity index (χ4n) is 2.48. The molecule has 0 bridgehead atoms. The van der Waals surface area contributed by atoms with E-state index in [9.17, 15) is 4.79 Å². The molecule has 1 atom stereocenters. The number of amides is 1. The van der Waals surface area contributed by atoms with Gasteiger partial charge in [0.15, 0.2) is 0 Å². The SMILES string of the molecule is CC(C(=O)NC1CC1)n1c(CCCl)nc2ccc(Cl)cc21. The fourth-order valence-corrected chi connectivity index (χ4v) is 2.81. The van der Waals surface area contributed by atoms with Crippen molar-refractivity contribution in [3.05, 3.63) is 29.0 Å². The van der Waals surface area contributed by atoms with Crippen molar-refractivity contribution in [1.82, 2.24) is 14.9 Å². The summed E-state index contributed by atoms with van der Waals surface area (Å²) in [5.41, 5.74) is 1.71. The highest BCUT2D eigenvalue weighted by atomic mass is 35.5. The van der Waals surface area contributed by atoms with Gasteiger partial charge in [0.2, 0.25) is 5.91 Å². The van der Waals surface area contributed by atoms with Crippen LogP contribution in [-0.4, -0.2) is 27.4 Å². The number of aryl methyl sites for hydroxylation is 1. The highest BCUT2D eigenvalue weighted by Gasteiger charge is 2.28. The van der Waals surface area contributed by atoms with E-state index in [1.54, 1.807) is 6.07 Å². The molecule has 0 spiro atoms. The topological polar surface area (TPSA) is 46.9 Å². The van der Waals surface area contributed by atoms with Crippen LogP contribution in [0.4, 0.5) is 0 Å². The number of rotatable bonds is 5. The third-order valence-electron chi connectivity index (χ3n) is 3.73. The van der Waals surface area contributed by atoms with E-state index < -0.39 is 0 Å². The second kappa shape index (κ2) is 5.85. The second-order valence-corrected chi connectivity index (χ2v) is 6.24. The lowest BCUT2D eigenvalue weighted by Gasteiger charge is -2.17. The molecule has 21 heavy (non-hydrogen) atoms. The van der Waals surface area contributed by atoms with Crippen molar-refractivity contribution >= 4 is 40.1 Å². The lowest BCUT2D eigenvalue weighted by Crippen LogP contribution is -2.33. The molecular formula is C15H17Cl2N3O. The summed E-state index contributed by atoms with van der Waals surface area (Å²) in [6.07, 6.45) is 2.77. The number of hydrogen-bond acceptors (Lipinski definition) is 2. The van der Waals surface area contributed by atoms with Crippen LogP contribution in [0.15, 0.2) is 18.2 Å². The van der Waals surface area contributed by atoms with Crippen LogP contribution in [-0.2, 0) is 11.2 Å². The number of halogens is 2. The second-order valence-electron chi connectivity index (χ2n) is 5.43. The Bertz CT molecular complexity index is 679. The van der Waals surface area contributed by atoms with Crippen LogP contribution in [0, 0.1) is 0 Å². The summed E-state index contributed by atoms with van der Waals surface area (Å²) in [5, 5.41) is 3.67. The fraction of sp³-hybridized carbons (Fsp3) is 0.467. The zero-order chi connectivity index (χ0) is 15.0. The Labute approximate surface area is 133 Å². The standard InChI is InChI=1S/C15H17Cl2N3O/c1-9(15(21)18-11-3-4-11)20-13-8-10(17)2-5-12(13)19-14(20)6-7-16/h2,5,8-9,11H,3-4,6-7H2,1H3,(H,18,21). The number of nitrogens with one attached hydrogen (secondary N) is 1. The Balaban J connectivity index is 2.02. The van der Waals surface area contributed by atoms with Gasteiger partial charge in [-0.1, -0.05) is 11.6 Å². The molecule has 0 radical (unpaired) electrons. The lowest BCUT2D eigenvalue weighted by atomic mass is 10.2. The summed E-state index contributed by atoms with van der Waals surface area (Å²) in [7, 11) is 0. The molecule has 1 heterocycles. The molecule has 1 saturated carbocycles. The predicted octanol–water partition coefficient (Wildman–Crippen LogP) is 3.31. The Morgan fingerprint density at radius 1 is 1.52 bits per heavy atom. The van der Waals surface area contributed by atoms with E-state index in [4.69, 9.17) is 23.2 Å². The van der Waals surface area contributed by atoms with Gasteiger partial charge in [-0.05, 0) is 38.0 Å². The van der Waals surface area contributed by atoms with Crippen molar-refractivity contribution in [3.8, 4) is 0 Å².